The van der Waals surface area contributed by atoms with Crippen LogP contribution in [0.15, 0.2) is 23.1 Å². The Balaban J connectivity index is 2.89. The molecule has 1 aromatic heterocycles. The van der Waals surface area contributed by atoms with Crippen LogP contribution in [-0.4, -0.2) is 0 Å². The average Bonchev–Trinajstić information content (AvgIpc) is 2.39. The predicted octanol–water partition coefficient (Wildman–Crippen LogP) is 4.10. The normalized spacial score (nSPS) is 10.9. The molecule has 0 fully saturated rings. The van der Waals surface area contributed by atoms with E-state index in [1.54, 1.807) is 0 Å². The van der Waals surface area contributed by atoms with Crippen molar-refractivity contribution in [1.82, 2.24) is 0 Å². The summed E-state index contributed by atoms with van der Waals surface area (Å²) in [6.45, 7) is 2.12. The fourth-order valence-corrected chi connectivity index (χ4v) is 3.35. The van der Waals surface area contributed by atoms with E-state index in [-0.39, 0.29) is 0 Å². The molecule has 0 N–H and O–H groups in total. The van der Waals surface area contributed by atoms with Crippen LogP contribution >= 0.6 is 46.6 Å². The molecule has 0 aliphatic heterocycles. The van der Waals surface area contributed by atoms with Crippen LogP contribution in [0.5, 0.6) is 0 Å². The van der Waals surface area contributed by atoms with Crippen LogP contribution in [0.1, 0.15) is 5.56 Å². The summed E-state index contributed by atoms with van der Waals surface area (Å²) >= 11 is 8.57. The van der Waals surface area contributed by atoms with Gasteiger partial charge in [0.1, 0.15) is 0 Å². The number of hydrogen-bond donors (Lipinski definition) is 1. The average molecular weight is 306 g/mol. The SMILES string of the molecule is Cc1c(S)ccc2cc(I)sc12. The van der Waals surface area contributed by atoms with Crippen LogP contribution in [-0.2, 0) is 0 Å². The molecule has 2 rings (SSSR count). The van der Waals surface area contributed by atoms with Crippen molar-refractivity contribution in [2.24, 2.45) is 0 Å². The number of halogens is 1. The summed E-state index contributed by atoms with van der Waals surface area (Å²) < 4.78 is 2.71. The van der Waals surface area contributed by atoms with Gasteiger partial charge in [-0.05, 0) is 52.6 Å². The Hall–Kier alpha value is 0.260. The van der Waals surface area contributed by atoms with Crippen molar-refractivity contribution in [3.05, 3.63) is 26.6 Å². The molecule has 1 heterocycles. The Morgan fingerprint density at radius 1 is 1.42 bits per heavy atom. The lowest BCUT2D eigenvalue weighted by molar-refractivity contribution is 1.37. The highest BCUT2D eigenvalue weighted by molar-refractivity contribution is 14.1. The van der Waals surface area contributed by atoms with Crippen molar-refractivity contribution >= 4 is 56.6 Å². The summed E-state index contributed by atoms with van der Waals surface area (Å²) in [5.74, 6) is 0. The first-order valence-electron chi connectivity index (χ1n) is 3.56. The summed E-state index contributed by atoms with van der Waals surface area (Å²) in [4.78, 5) is 1.08. The van der Waals surface area contributed by atoms with Crippen molar-refractivity contribution in [2.45, 2.75) is 11.8 Å². The zero-order valence-electron chi connectivity index (χ0n) is 6.47. The molecule has 0 atom stereocenters. The van der Waals surface area contributed by atoms with E-state index in [1.165, 1.54) is 18.5 Å². The van der Waals surface area contributed by atoms with Gasteiger partial charge >= 0.3 is 0 Å². The van der Waals surface area contributed by atoms with Crippen LogP contribution in [0.25, 0.3) is 10.1 Å². The molecule has 0 aliphatic rings. The molecule has 0 saturated carbocycles. The molecule has 0 nitrogen and oxygen atoms in total. The van der Waals surface area contributed by atoms with Gasteiger partial charge in [0, 0.05) is 9.60 Å². The second-order valence-electron chi connectivity index (χ2n) is 2.68. The summed E-state index contributed by atoms with van der Waals surface area (Å²) in [5.41, 5.74) is 1.30. The largest absolute Gasteiger partial charge is 0.143 e. The van der Waals surface area contributed by atoms with Gasteiger partial charge in [-0.1, -0.05) is 6.07 Å². The molecule has 62 valence electrons. The van der Waals surface area contributed by atoms with E-state index in [0.717, 1.165) is 4.90 Å². The monoisotopic (exact) mass is 306 g/mol. The van der Waals surface area contributed by atoms with E-state index >= 15 is 0 Å². The summed E-state index contributed by atoms with van der Waals surface area (Å²) in [6, 6.07) is 6.40. The van der Waals surface area contributed by atoms with Gasteiger partial charge in [-0.15, -0.1) is 24.0 Å². The standard InChI is InChI=1S/C9H7IS2/c1-5-7(11)3-2-6-4-8(10)12-9(5)6/h2-4,11H,1H3. The van der Waals surface area contributed by atoms with E-state index in [0.29, 0.717) is 0 Å². The first-order valence-corrected chi connectivity index (χ1v) is 5.90. The quantitative estimate of drug-likeness (QED) is 0.550. The molecule has 0 radical (unpaired) electrons. The Morgan fingerprint density at radius 3 is 2.92 bits per heavy atom. The van der Waals surface area contributed by atoms with Gasteiger partial charge in [0.05, 0.1) is 2.88 Å². The summed E-state index contributed by atoms with van der Waals surface area (Å²) in [6.07, 6.45) is 0. The molecule has 1 aromatic carbocycles. The maximum absolute atomic E-state index is 4.39. The van der Waals surface area contributed by atoms with Gasteiger partial charge < -0.3 is 0 Å². The van der Waals surface area contributed by atoms with E-state index in [2.05, 4.69) is 60.3 Å². The maximum Gasteiger partial charge on any atom is 0.0666 e. The van der Waals surface area contributed by atoms with Crippen LogP contribution in [0.3, 0.4) is 0 Å². The van der Waals surface area contributed by atoms with E-state index in [4.69, 9.17) is 0 Å². The van der Waals surface area contributed by atoms with Gasteiger partial charge in [0.25, 0.3) is 0 Å². The van der Waals surface area contributed by atoms with Crippen molar-refractivity contribution in [1.29, 1.82) is 0 Å². The third kappa shape index (κ3) is 1.38. The Kier molecular flexibility index (Phi) is 2.35. The topological polar surface area (TPSA) is 0 Å². The van der Waals surface area contributed by atoms with Crippen molar-refractivity contribution < 1.29 is 0 Å². The smallest absolute Gasteiger partial charge is 0.0666 e. The molecule has 0 saturated heterocycles. The zero-order valence-corrected chi connectivity index (χ0v) is 10.3. The van der Waals surface area contributed by atoms with Crippen LogP contribution in [0.2, 0.25) is 0 Å². The van der Waals surface area contributed by atoms with Crippen LogP contribution in [0.4, 0.5) is 0 Å². The lowest BCUT2D eigenvalue weighted by Crippen LogP contribution is -1.74. The van der Waals surface area contributed by atoms with Gasteiger partial charge in [-0.3, -0.25) is 0 Å². The van der Waals surface area contributed by atoms with Crippen molar-refractivity contribution in [3.63, 3.8) is 0 Å². The first kappa shape index (κ1) is 8.84. The predicted molar refractivity (Wildman–Crippen MR) is 66.5 cm³/mol. The highest BCUT2D eigenvalue weighted by Crippen LogP contribution is 2.32. The number of thiol groups is 1. The third-order valence-electron chi connectivity index (χ3n) is 1.88. The second kappa shape index (κ2) is 3.20. The van der Waals surface area contributed by atoms with Gasteiger partial charge in [-0.25, -0.2) is 0 Å². The van der Waals surface area contributed by atoms with Crippen LogP contribution < -0.4 is 0 Å². The minimum absolute atomic E-state index is 1.08. The molecule has 0 spiro atoms. The minimum Gasteiger partial charge on any atom is -0.143 e. The first-order chi connectivity index (χ1) is 5.68. The van der Waals surface area contributed by atoms with E-state index in [9.17, 15) is 0 Å². The molecule has 0 bridgehead atoms. The molecule has 2 aromatic rings. The summed E-state index contributed by atoms with van der Waals surface area (Å²) in [7, 11) is 0. The third-order valence-corrected chi connectivity index (χ3v) is 4.39. The highest BCUT2D eigenvalue weighted by Gasteiger charge is 2.03. The maximum atomic E-state index is 4.39. The summed E-state index contributed by atoms with van der Waals surface area (Å²) in [5, 5.41) is 1.33. The van der Waals surface area contributed by atoms with E-state index in [1.807, 2.05) is 11.3 Å². The molecular formula is C9H7IS2. The van der Waals surface area contributed by atoms with Gasteiger partial charge in [-0.2, -0.15) is 0 Å². The number of thiophene rings is 1. The lowest BCUT2D eigenvalue weighted by atomic mass is 10.2. The lowest BCUT2D eigenvalue weighted by Gasteiger charge is -1.98. The molecule has 12 heavy (non-hydrogen) atoms. The Bertz CT molecular complexity index is 431. The zero-order chi connectivity index (χ0) is 8.72. The molecule has 0 aliphatic carbocycles. The second-order valence-corrected chi connectivity index (χ2v) is 6.11. The molecular weight excluding hydrogens is 299 g/mol. The van der Waals surface area contributed by atoms with Crippen molar-refractivity contribution in [3.8, 4) is 0 Å². The number of aryl methyl sites for hydroxylation is 1. The van der Waals surface area contributed by atoms with Gasteiger partial charge in [0.15, 0.2) is 0 Å². The minimum atomic E-state index is 1.08. The molecule has 3 heteroatoms. The number of benzene rings is 1. The Labute approximate surface area is 94.5 Å². The number of fused-ring (bicyclic) bond motifs is 1. The fourth-order valence-electron chi connectivity index (χ4n) is 1.20. The van der Waals surface area contributed by atoms with Crippen LogP contribution in [0, 0.1) is 9.81 Å². The molecule has 0 amide bonds. The fraction of sp³-hybridized carbons (Fsp3) is 0.111. The van der Waals surface area contributed by atoms with Gasteiger partial charge in [0.2, 0.25) is 0 Å². The van der Waals surface area contributed by atoms with Crippen molar-refractivity contribution in [2.75, 3.05) is 0 Å². The molecule has 0 unspecified atom stereocenters. The highest BCUT2D eigenvalue weighted by atomic mass is 127. The van der Waals surface area contributed by atoms with E-state index < -0.39 is 0 Å². The Morgan fingerprint density at radius 2 is 2.17 bits per heavy atom. The number of rotatable bonds is 0. The number of hydrogen-bond acceptors (Lipinski definition) is 2.